The van der Waals surface area contributed by atoms with Crippen LogP contribution < -0.4 is 14.8 Å². The van der Waals surface area contributed by atoms with Gasteiger partial charge in [-0.1, -0.05) is 18.9 Å². The van der Waals surface area contributed by atoms with Crippen molar-refractivity contribution in [2.75, 3.05) is 34.5 Å². The Labute approximate surface area is 182 Å². The van der Waals surface area contributed by atoms with Crippen molar-refractivity contribution in [2.45, 2.75) is 37.8 Å². The first-order chi connectivity index (χ1) is 15.1. The van der Waals surface area contributed by atoms with Crippen LogP contribution in [0.2, 0.25) is 0 Å². The SMILES string of the molecule is COCCN(C(=O)c1ccco1)[C@@H](C(=O)NC1CCCC1)c1ccc(OC)c(OC)c1. The molecule has 168 valence electrons. The van der Waals surface area contributed by atoms with Crippen LogP contribution in [0.5, 0.6) is 11.5 Å². The fraction of sp³-hybridized carbons (Fsp3) is 0.478. The lowest BCUT2D eigenvalue weighted by Crippen LogP contribution is -2.47. The molecule has 31 heavy (non-hydrogen) atoms. The quantitative estimate of drug-likeness (QED) is 0.623. The number of rotatable bonds is 10. The lowest BCUT2D eigenvalue weighted by atomic mass is 10.0. The van der Waals surface area contributed by atoms with Crippen LogP contribution in [0, 0.1) is 0 Å². The lowest BCUT2D eigenvalue weighted by molar-refractivity contribution is -0.126. The van der Waals surface area contributed by atoms with Gasteiger partial charge >= 0.3 is 0 Å². The van der Waals surface area contributed by atoms with Crippen LogP contribution in [0.25, 0.3) is 0 Å². The third-order valence-corrected chi connectivity index (χ3v) is 5.51. The molecule has 8 nitrogen and oxygen atoms in total. The average molecular weight is 431 g/mol. The summed E-state index contributed by atoms with van der Waals surface area (Å²) in [5, 5.41) is 3.12. The topological polar surface area (TPSA) is 90.2 Å². The summed E-state index contributed by atoms with van der Waals surface area (Å²) in [6.45, 7) is 0.486. The van der Waals surface area contributed by atoms with Crippen LogP contribution in [-0.4, -0.2) is 57.2 Å². The molecule has 0 saturated heterocycles. The Hall–Kier alpha value is -3.00. The van der Waals surface area contributed by atoms with E-state index in [2.05, 4.69) is 5.32 Å². The maximum Gasteiger partial charge on any atom is 0.290 e. The van der Waals surface area contributed by atoms with Crippen LogP contribution in [-0.2, 0) is 9.53 Å². The van der Waals surface area contributed by atoms with E-state index in [0.717, 1.165) is 25.7 Å². The van der Waals surface area contributed by atoms with Crippen LogP contribution in [0.1, 0.15) is 47.8 Å². The van der Waals surface area contributed by atoms with Crippen molar-refractivity contribution >= 4 is 11.8 Å². The predicted molar refractivity (Wildman–Crippen MR) is 114 cm³/mol. The van der Waals surface area contributed by atoms with E-state index >= 15 is 0 Å². The molecule has 1 aromatic heterocycles. The summed E-state index contributed by atoms with van der Waals surface area (Å²) in [5.74, 6) is 0.562. The smallest absolute Gasteiger partial charge is 0.290 e. The van der Waals surface area contributed by atoms with Gasteiger partial charge in [0.1, 0.15) is 6.04 Å². The van der Waals surface area contributed by atoms with Gasteiger partial charge < -0.3 is 28.8 Å². The maximum atomic E-state index is 13.5. The van der Waals surface area contributed by atoms with Crippen LogP contribution in [0.4, 0.5) is 0 Å². The fourth-order valence-corrected chi connectivity index (χ4v) is 3.93. The van der Waals surface area contributed by atoms with Gasteiger partial charge in [0.2, 0.25) is 5.91 Å². The van der Waals surface area contributed by atoms with Gasteiger partial charge in [0.15, 0.2) is 17.3 Å². The molecule has 1 aromatic carbocycles. The number of hydrogen-bond donors (Lipinski definition) is 1. The molecule has 0 radical (unpaired) electrons. The summed E-state index contributed by atoms with van der Waals surface area (Å²) < 4.78 is 21.3. The van der Waals surface area contributed by atoms with E-state index in [0.29, 0.717) is 17.1 Å². The molecular formula is C23H30N2O6. The minimum atomic E-state index is -0.881. The summed E-state index contributed by atoms with van der Waals surface area (Å²) in [5.41, 5.74) is 0.615. The molecule has 1 saturated carbocycles. The average Bonchev–Trinajstić information content (AvgIpc) is 3.50. The van der Waals surface area contributed by atoms with Gasteiger partial charge in [0.25, 0.3) is 5.91 Å². The van der Waals surface area contributed by atoms with E-state index in [1.807, 2.05) is 0 Å². The van der Waals surface area contributed by atoms with Gasteiger partial charge in [0, 0.05) is 19.7 Å². The Kier molecular flexibility index (Phi) is 7.94. The van der Waals surface area contributed by atoms with Gasteiger partial charge in [-0.3, -0.25) is 9.59 Å². The first-order valence-electron chi connectivity index (χ1n) is 10.4. The lowest BCUT2D eigenvalue weighted by Gasteiger charge is -2.31. The molecule has 0 aliphatic heterocycles. The van der Waals surface area contributed by atoms with Crippen molar-refractivity contribution in [1.82, 2.24) is 10.2 Å². The van der Waals surface area contributed by atoms with Crippen molar-refractivity contribution in [1.29, 1.82) is 0 Å². The maximum absolute atomic E-state index is 13.5. The zero-order chi connectivity index (χ0) is 22.2. The van der Waals surface area contributed by atoms with E-state index in [-0.39, 0.29) is 36.8 Å². The Morgan fingerprint density at radius 1 is 1.13 bits per heavy atom. The third-order valence-electron chi connectivity index (χ3n) is 5.51. The van der Waals surface area contributed by atoms with E-state index in [9.17, 15) is 9.59 Å². The molecule has 8 heteroatoms. The molecule has 0 spiro atoms. The second-order valence-electron chi connectivity index (χ2n) is 7.48. The van der Waals surface area contributed by atoms with Crippen molar-refractivity contribution in [3.05, 3.63) is 47.9 Å². The summed E-state index contributed by atoms with van der Waals surface area (Å²) in [7, 11) is 4.64. The number of carbonyl (C=O) groups is 2. The van der Waals surface area contributed by atoms with Gasteiger partial charge in [-0.25, -0.2) is 0 Å². The highest BCUT2D eigenvalue weighted by Crippen LogP contribution is 2.33. The monoisotopic (exact) mass is 430 g/mol. The molecule has 0 bridgehead atoms. The summed E-state index contributed by atoms with van der Waals surface area (Å²) in [4.78, 5) is 28.3. The van der Waals surface area contributed by atoms with Crippen molar-refractivity contribution in [2.24, 2.45) is 0 Å². The second-order valence-corrected chi connectivity index (χ2v) is 7.48. The molecule has 1 aliphatic carbocycles. The largest absolute Gasteiger partial charge is 0.493 e. The Balaban J connectivity index is 2.01. The number of nitrogens with zero attached hydrogens (tertiary/aromatic N) is 1. The zero-order valence-electron chi connectivity index (χ0n) is 18.3. The number of hydrogen-bond acceptors (Lipinski definition) is 6. The van der Waals surface area contributed by atoms with Crippen molar-refractivity contribution in [3.8, 4) is 11.5 Å². The molecule has 1 fully saturated rings. The Morgan fingerprint density at radius 3 is 2.48 bits per heavy atom. The highest BCUT2D eigenvalue weighted by Gasteiger charge is 2.35. The predicted octanol–water partition coefficient (Wildman–Crippen LogP) is 3.19. The van der Waals surface area contributed by atoms with Crippen molar-refractivity contribution in [3.63, 3.8) is 0 Å². The molecule has 1 N–H and O–H groups in total. The molecule has 3 rings (SSSR count). The van der Waals surface area contributed by atoms with Crippen LogP contribution in [0.15, 0.2) is 41.0 Å². The third kappa shape index (κ3) is 5.38. The van der Waals surface area contributed by atoms with E-state index in [4.69, 9.17) is 18.6 Å². The minimum Gasteiger partial charge on any atom is -0.493 e. The summed E-state index contributed by atoms with van der Waals surface area (Å²) >= 11 is 0. The minimum absolute atomic E-state index is 0.109. The number of furan rings is 1. The first kappa shape index (κ1) is 22.7. The fourth-order valence-electron chi connectivity index (χ4n) is 3.93. The van der Waals surface area contributed by atoms with Gasteiger partial charge in [-0.15, -0.1) is 0 Å². The van der Waals surface area contributed by atoms with Gasteiger partial charge in [0.05, 0.1) is 27.1 Å². The van der Waals surface area contributed by atoms with E-state index in [1.54, 1.807) is 44.6 Å². The van der Waals surface area contributed by atoms with E-state index in [1.165, 1.54) is 18.3 Å². The summed E-state index contributed by atoms with van der Waals surface area (Å²) in [6, 6.07) is 7.69. The molecule has 1 aliphatic rings. The number of nitrogens with one attached hydrogen (secondary N) is 1. The first-order valence-corrected chi connectivity index (χ1v) is 10.4. The number of benzene rings is 1. The number of amides is 2. The Morgan fingerprint density at radius 2 is 1.87 bits per heavy atom. The molecular weight excluding hydrogens is 400 g/mol. The molecule has 2 amide bonds. The molecule has 2 aromatic rings. The number of methoxy groups -OCH3 is 3. The molecule has 1 heterocycles. The van der Waals surface area contributed by atoms with Crippen molar-refractivity contribution < 1.29 is 28.2 Å². The molecule has 1 atom stereocenters. The normalized spacial score (nSPS) is 14.8. The summed E-state index contributed by atoms with van der Waals surface area (Å²) in [6.07, 6.45) is 5.49. The van der Waals surface area contributed by atoms with E-state index < -0.39 is 6.04 Å². The van der Waals surface area contributed by atoms with Crippen LogP contribution in [0.3, 0.4) is 0 Å². The zero-order valence-corrected chi connectivity index (χ0v) is 18.3. The van der Waals surface area contributed by atoms with Crippen LogP contribution >= 0.6 is 0 Å². The highest BCUT2D eigenvalue weighted by atomic mass is 16.5. The highest BCUT2D eigenvalue weighted by molar-refractivity contribution is 5.96. The number of ether oxygens (including phenoxy) is 3. The van der Waals surface area contributed by atoms with Gasteiger partial charge in [-0.05, 0) is 42.7 Å². The van der Waals surface area contributed by atoms with Gasteiger partial charge in [-0.2, -0.15) is 0 Å². The number of carbonyl (C=O) groups excluding carboxylic acids is 2. The Bertz CT molecular complexity index is 861. The molecule has 0 unspecified atom stereocenters. The standard InChI is InChI=1S/C23H30N2O6/c1-28-14-12-25(23(27)19-9-6-13-31-19)21(22(26)24-17-7-4-5-8-17)16-10-11-18(29-2)20(15-16)30-3/h6,9-11,13,15,17,21H,4-5,7-8,12,14H2,1-3H3,(H,24,26)/t21-/m1/s1. The second kappa shape index (κ2) is 10.9.